The number of aliphatic hydroxyl groups is 1. The molecule has 50 valence electrons. The molecule has 0 spiro atoms. The van der Waals surface area contributed by atoms with Crippen LogP contribution in [0.1, 0.15) is 6.92 Å². The minimum Gasteiger partial charge on any atom is -0.392 e. The van der Waals surface area contributed by atoms with Crippen molar-refractivity contribution in [3.8, 4) is 0 Å². The maximum Gasteiger partial charge on any atom is 0.145 e. The number of aliphatic hydroxyl groups excluding tert-OH is 1. The Morgan fingerprint density at radius 3 is 2.78 bits per heavy atom. The van der Waals surface area contributed by atoms with Gasteiger partial charge in [-0.2, -0.15) is 0 Å². The molecule has 0 aliphatic rings. The first-order valence-corrected chi connectivity index (χ1v) is 2.70. The number of aldehydes is 1. The lowest BCUT2D eigenvalue weighted by atomic mass is 10.3. The summed E-state index contributed by atoms with van der Waals surface area (Å²) in [6.45, 7) is 1.72. The van der Waals surface area contributed by atoms with Crippen LogP contribution < -0.4 is 0 Å². The Morgan fingerprint density at radius 2 is 2.33 bits per heavy atom. The maximum absolute atomic E-state index is 9.93. The second-order valence-corrected chi connectivity index (χ2v) is 1.64. The first-order chi connectivity index (χ1) is 4.31. The average Bonchev–Trinajstić information content (AvgIpc) is 1.89. The van der Waals surface area contributed by atoms with E-state index >= 15 is 0 Å². The van der Waals surface area contributed by atoms with E-state index in [0.717, 1.165) is 6.29 Å². The molecule has 0 saturated heterocycles. The molecule has 0 unspecified atom stereocenters. The number of hydrogen-bond acceptors (Lipinski definition) is 2. The predicted octanol–water partition coefficient (Wildman–Crippen LogP) is 0.680. The normalized spacial score (nSPS) is 12.4. The first-order valence-electron chi connectivity index (χ1n) is 2.70. The lowest BCUT2D eigenvalue weighted by Crippen LogP contribution is -1.73. The Bertz CT molecular complexity index is 134. The SMILES string of the molecule is C/C(C=O)=C/C=C/CO. The minimum atomic E-state index is 0.0165. The van der Waals surface area contributed by atoms with Gasteiger partial charge in [0, 0.05) is 0 Å². The molecular weight excluding hydrogens is 116 g/mol. The van der Waals surface area contributed by atoms with Crippen LogP contribution in [0.25, 0.3) is 0 Å². The van der Waals surface area contributed by atoms with Gasteiger partial charge in [0.05, 0.1) is 6.61 Å². The Balaban J connectivity index is 3.68. The summed E-state index contributed by atoms with van der Waals surface area (Å²) in [6.07, 6.45) is 5.61. The molecular formula is C7H10O2. The highest BCUT2D eigenvalue weighted by Gasteiger charge is 1.76. The number of allylic oxidation sites excluding steroid dienone is 3. The minimum absolute atomic E-state index is 0.0165. The van der Waals surface area contributed by atoms with Gasteiger partial charge < -0.3 is 5.11 Å². The third kappa shape index (κ3) is 4.97. The van der Waals surface area contributed by atoms with Crippen LogP contribution in [0, 0.1) is 0 Å². The van der Waals surface area contributed by atoms with Crippen molar-refractivity contribution in [2.45, 2.75) is 6.92 Å². The molecule has 9 heavy (non-hydrogen) atoms. The van der Waals surface area contributed by atoms with Crippen molar-refractivity contribution in [3.05, 3.63) is 23.8 Å². The van der Waals surface area contributed by atoms with Crippen LogP contribution in [-0.4, -0.2) is 18.0 Å². The molecule has 0 bridgehead atoms. The summed E-state index contributed by atoms with van der Waals surface area (Å²) in [5, 5.41) is 8.25. The third-order valence-corrected chi connectivity index (χ3v) is 0.787. The molecule has 0 aromatic heterocycles. The number of carbonyl (C=O) groups excluding carboxylic acids is 1. The quantitative estimate of drug-likeness (QED) is 0.343. The lowest BCUT2D eigenvalue weighted by molar-refractivity contribution is -0.104. The van der Waals surface area contributed by atoms with Crippen LogP contribution in [0.15, 0.2) is 23.8 Å². The Kier molecular flexibility index (Phi) is 4.73. The fraction of sp³-hybridized carbons (Fsp3) is 0.286. The van der Waals surface area contributed by atoms with Gasteiger partial charge in [0.1, 0.15) is 6.29 Å². The van der Waals surface area contributed by atoms with Crippen molar-refractivity contribution in [3.63, 3.8) is 0 Å². The van der Waals surface area contributed by atoms with E-state index in [2.05, 4.69) is 0 Å². The summed E-state index contributed by atoms with van der Waals surface area (Å²) in [5.41, 5.74) is 0.653. The van der Waals surface area contributed by atoms with Gasteiger partial charge >= 0.3 is 0 Å². The van der Waals surface area contributed by atoms with Gasteiger partial charge in [-0.05, 0) is 12.5 Å². The van der Waals surface area contributed by atoms with Gasteiger partial charge in [0.2, 0.25) is 0 Å². The van der Waals surface area contributed by atoms with Crippen molar-refractivity contribution in [2.75, 3.05) is 6.61 Å². The molecule has 0 aromatic rings. The Morgan fingerprint density at radius 1 is 1.67 bits per heavy atom. The van der Waals surface area contributed by atoms with E-state index in [0.29, 0.717) is 5.57 Å². The van der Waals surface area contributed by atoms with Gasteiger partial charge in [0.15, 0.2) is 0 Å². The highest BCUT2D eigenvalue weighted by atomic mass is 16.2. The molecule has 0 aliphatic heterocycles. The van der Waals surface area contributed by atoms with Crippen LogP contribution in [0.5, 0.6) is 0 Å². The van der Waals surface area contributed by atoms with E-state index in [1.54, 1.807) is 25.2 Å². The molecule has 0 atom stereocenters. The van der Waals surface area contributed by atoms with Crippen molar-refractivity contribution in [1.29, 1.82) is 0 Å². The fourth-order valence-corrected chi connectivity index (χ4v) is 0.320. The van der Waals surface area contributed by atoms with Crippen molar-refractivity contribution in [2.24, 2.45) is 0 Å². The molecule has 0 rings (SSSR count). The molecule has 0 radical (unpaired) electrons. The van der Waals surface area contributed by atoms with Crippen LogP contribution >= 0.6 is 0 Å². The van der Waals surface area contributed by atoms with E-state index in [-0.39, 0.29) is 6.61 Å². The standard InChI is InChI=1S/C7H10O2/c1-7(6-9)4-2-3-5-8/h2-4,6,8H,5H2,1H3/b3-2+,7-4-. The maximum atomic E-state index is 9.93. The summed E-state index contributed by atoms with van der Waals surface area (Å²) in [4.78, 5) is 9.93. The molecule has 0 fully saturated rings. The summed E-state index contributed by atoms with van der Waals surface area (Å²) in [6, 6.07) is 0. The monoisotopic (exact) mass is 126 g/mol. The molecule has 2 heteroatoms. The Labute approximate surface area is 54.5 Å². The zero-order valence-electron chi connectivity index (χ0n) is 5.37. The number of carbonyl (C=O) groups is 1. The van der Waals surface area contributed by atoms with Crippen molar-refractivity contribution < 1.29 is 9.90 Å². The van der Waals surface area contributed by atoms with Crippen LogP contribution in [0.4, 0.5) is 0 Å². The molecule has 2 nitrogen and oxygen atoms in total. The van der Waals surface area contributed by atoms with E-state index in [1.165, 1.54) is 0 Å². The largest absolute Gasteiger partial charge is 0.392 e. The summed E-state index contributed by atoms with van der Waals surface area (Å²) >= 11 is 0. The average molecular weight is 126 g/mol. The van der Waals surface area contributed by atoms with E-state index in [4.69, 9.17) is 5.11 Å². The molecule has 1 N–H and O–H groups in total. The number of rotatable bonds is 3. The summed E-state index contributed by atoms with van der Waals surface area (Å²) < 4.78 is 0. The zero-order valence-corrected chi connectivity index (χ0v) is 5.37. The zero-order chi connectivity index (χ0) is 7.11. The van der Waals surface area contributed by atoms with E-state index in [1.807, 2.05) is 0 Å². The van der Waals surface area contributed by atoms with E-state index < -0.39 is 0 Å². The molecule has 0 heterocycles. The second kappa shape index (κ2) is 5.25. The number of hydrogen-bond donors (Lipinski definition) is 1. The van der Waals surface area contributed by atoms with Gasteiger partial charge in [-0.15, -0.1) is 0 Å². The second-order valence-electron chi connectivity index (χ2n) is 1.64. The topological polar surface area (TPSA) is 37.3 Å². The first kappa shape index (κ1) is 8.11. The Hall–Kier alpha value is -0.890. The van der Waals surface area contributed by atoms with Crippen molar-refractivity contribution >= 4 is 6.29 Å². The third-order valence-electron chi connectivity index (χ3n) is 0.787. The van der Waals surface area contributed by atoms with Gasteiger partial charge in [-0.3, -0.25) is 4.79 Å². The highest BCUT2D eigenvalue weighted by molar-refractivity contribution is 5.72. The van der Waals surface area contributed by atoms with Crippen LogP contribution in [-0.2, 0) is 4.79 Å². The predicted molar refractivity (Wildman–Crippen MR) is 36.0 cm³/mol. The summed E-state index contributed by atoms with van der Waals surface area (Å²) in [7, 11) is 0. The van der Waals surface area contributed by atoms with E-state index in [9.17, 15) is 4.79 Å². The molecule has 0 amide bonds. The smallest absolute Gasteiger partial charge is 0.145 e. The van der Waals surface area contributed by atoms with Crippen molar-refractivity contribution in [1.82, 2.24) is 0 Å². The van der Waals surface area contributed by atoms with Gasteiger partial charge in [-0.25, -0.2) is 0 Å². The van der Waals surface area contributed by atoms with Gasteiger partial charge in [-0.1, -0.05) is 18.2 Å². The summed E-state index contributed by atoms with van der Waals surface area (Å²) in [5.74, 6) is 0. The molecule has 0 saturated carbocycles. The van der Waals surface area contributed by atoms with Crippen LogP contribution in [0.2, 0.25) is 0 Å². The molecule has 0 aromatic carbocycles. The molecule has 0 aliphatic carbocycles. The highest BCUT2D eigenvalue weighted by Crippen LogP contribution is 1.85. The fourth-order valence-electron chi connectivity index (χ4n) is 0.320. The van der Waals surface area contributed by atoms with Gasteiger partial charge in [0.25, 0.3) is 0 Å². The lowest BCUT2D eigenvalue weighted by Gasteiger charge is -1.79. The van der Waals surface area contributed by atoms with Crippen LogP contribution in [0.3, 0.4) is 0 Å².